The van der Waals surface area contributed by atoms with Gasteiger partial charge in [0, 0.05) is 23.6 Å². The van der Waals surface area contributed by atoms with Gasteiger partial charge in [-0.1, -0.05) is 11.3 Å². The van der Waals surface area contributed by atoms with E-state index in [4.69, 9.17) is 19.2 Å². The Hall–Kier alpha value is -2.49. The summed E-state index contributed by atoms with van der Waals surface area (Å²) in [5, 5.41) is 0.672. The number of hydrogen-bond acceptors (Lipinski definition) is 8. The third kappa shape index (κ3) is 6.52. The Labute approximate surface area is 203 Å². The van der Waals surface area contributed by atoms with Crippen molar-refractivity contribution in [1.82, 2.24) is 9.88 Å². The fourth-order valence-electron chi connectivity index (χ4n) is 3.32. The molecule has 0 aliphatic rings. The summed E-state index contributed by atoms with van der Waals surface area (Å²) in [7, 11) is 8.97. The molecule has 1 amide bonds. The lowest BCUT2D eigenvalue weighted by molar-refractivity contribution is -0.118. The van der Waals surface area contributed by atoms with Crippen molar-refractivity contribution in [3.05, 3.63) is 36.4 Å². The molecule has 178 valence electrons. The van der Waals surface area contributed by atoms with E-state index < -0.39 is 0 Å². The number of aromatic nitrogens is 1. The molecule has 33 heavy (non-hydrogen) atoms. The van der Waals surface area contributed by atoms with Gasteiger partial charge in [-0.3, -0.25) is 9.69 Å². The van der Waals surface area contributed by atoms with Crippen LogP contribution in [0.4, 0.5) is 5.13 Å². The highest BCUT2D eigenvalue weighted by molar-refractivity contribution is 7.99. The first kappa shape index (κ1) is 25.1. The third-order valence-corrected chi connectivity index (χ3v) is 7.17. The number of thiazole rings is 1. The molecule has 7 nitrogen and oxygen atoms in total. The number of fused-ring (bicyclic) bond motifs is 1. The lowest BCUT2D eigenvalue weighted by Crippen LogP contribution is -2.33. The van der Waals surface area contributed by atoms with Crippen LogP contribution in [0.5, 0.6) is 17.2 Å². The standard InChI is InChI=1S/C24H31N3O4S2/c1-26(2)14-6-15-27(21(28)13-16-32-18-9-7-17(29-3)8-10-18)24-25-22-19(30-4)11-12-20(31-5)23(22)33-24/h7-12H,6,13-16H2,1-5H3. The normalized spacial score (nSPS) is 11.1. The molecule has 1 heterocycles. The van der Waals surface area contributed by atoms with E-state index in [0.29, 0.717) is 29.6 Å². The minimum Gasteiger partial charge on any atom is -0.497 e. The zero-order chi connectivity index (χ0) is 23.8. The number of methoxy groups -OCH3 is 3. The molecule has 3 aromatic rings. The predicted molar refractivity (Wildman–Crippen MR) is 137 cm³/mol. The van der Waals surface area contributed by atoms with Crippen LogP contribution in [0, 0.1) is 0 Å². The average Bonchev–Trinajstić information content (AvgIpc) is 3.26. The van der Waals surface area contributed by atoms with Crippen LogP contribution in [0.15, 0.2) is 41.3 Å². The van der Waals surface area contributed by atoms with Gasteiger partial charge in [-0.15, -0.1) is 11.8 Å². The van der Waals surface area contributed by atoms with Crippen molar-refractivity contribution in [2.24, 2.45) is 0 Å². The molecule has 9 heteroatoms. The van der Waals surface area contributed by atoms with Gasteiger partial charge in [0.15, 0.2) is 5.13 Å². The van der Waals surface area contributed by atoms with Crippen LogP contribution in [-0.4, -0.2) is 70.1 Å². The highest BCUT2D eigenvalue weighted by atomic mass is 32.2. The van der Waals surface area contributed by atoms with Gasteiger partial charge in [0.1, 0.15) is 27.5 Å². The van der Waals surface area contributed by atoms with Crippen LogP contribution in [0.25, 0.3) is 10.2 Å². The molecule has 0 aliphatic heterocycles. The largest absolute Gasteiger partial charge is 0.497 e. The Bertz CT molecular complexity index is 1010. The van der Waals surface area contributed by atoms with Crippen molar-refractivity contribution >= 4 is 44.4 Å². The first-order valence-electron chi connectivity index (χ1n) is 10.7. The Morgan fingerprint density at radius 1 is 0.970 bits per heavy atom. The SMILES string of the molecule is COc1ccc(SCCC(=O)N(CCCN(C)C)c2nc3c(OC)ccc(OC)c3s2)cc1. The molecule has 2 aromatic carbocycles. The second-order valence-electron chi connectivity index (χ2n) is 7.62. The van der Waals surface area contributed by atoms with Crippen molar-refractivity contribution in [1.29, 1.82) is 0 Å². The number of anilines is 1. The Balaban J connectivity index is 1.77. The van der Waals surface area contributed by atoms with E-state index in [-0.39, 0.29) is 5.91 Å². The van der Waals surface area contributed by atoms with E-state index in [1.165, 1.54) is 11.3 Å². The van der Waals surface area contributed by atoms with E-state index in [1.54, 1.807) is 33.1 Å². The Kier molecular flexibility index (Phi) is 9.22. The molecule has 0 spiro atoms. The summed E-state index contributed by atoms with van der Waals surface area (Å²) in [6, 6.07) is 11.6. The van der Waals surface area contributed by atoms with Crippen molar-refractivity contribution < 1.29 is 19.0 Å². The summed E-state index contributed by atoms with van der Waals surface area (Å²) in [6.45, 7) is 1.50. The Morgan fingerprint density at radius 2 is 1.67 bits per heavy atom. The number of rotatable bonds is 12. The first-order valence-corrected chi connectivity index (χ1v) is 12.5. The number of carbonyl (C=O) groups is 1. The molecule has 1 aromatic heterocycles. The summed E-state index contributed by atoms with van der Waals surface area (Å²) in [5.74, 6) is 2.97. The van der Waals surface area contributed by atoms with Gasteiger partial charge in [-0.2, -0.15) is 0 Å². The second kappa shape index (κ2) is 12.1. The van der Waals surface area contributed by atoms with Crippen LogP contribution in [0.1, 0.15) is 12.8 Å². The number of ether oxygens (including phenoxy) is 3. The molecule has 0 N–H and O–H groups in total. The number of benzene rings is 2. The number of thioether (sulfide) groups is 1. The van der Waals surface area contributed by atoms with Crippen molar-refractivity contribution in [3.8, 4) is 17.2 Å². The fraction of sp³-hybridized carbons (Fsp3) is 0.417. The summed E-state index contributed by atoms with van der Waals surface area (Å²) >= 11 is 3.12. The lowest BCUT2D eigenvalue weighted by Gasteiger charge is -2.21. The maximum Gasteiger partial charge on any atom is 0.229 e. The molecule has 0 atom stereocenters. The van der Waals surface area contributed by atoms with Gasteiger partial charge in [0.05, 0.1) is 21.3 Å². The first-order chi connectivity index (χ1) is 16.0. The zero-order valence-corrected chi connectivity index (χ0v) is 21.4. The molecule has 0 saturated heterocycles. The number of nitrogens with zero attached hydrogens (tertiary/aromatic N) is 3. The smallest absolute Gasteiger partial charge is 0.229 e. The minimum absolute atomic E-state index is 0.0618. The summed E-state index contributed by atoms with van der Waals surface area (Å²) in [5.41, 5.74) is 0.717. The van der Waals surface area contributed by atoms with Gasteiger partial charge in [-0.25, -0.2) is 4.98 Å². The number of carbonyl (C=O) groups excluding carboxylic acids is 1. The molecule has 0 saturated carbocycles. The second-order valence-corrected chi connectivity index (χ2v) is 9.77. The van der Waals surface area contributed by atoms with Crippen LogP contribution in [0.2, 0.25) is 0 Å². The summed E-state index contributed by atoms with van der Waals surface area (Å²) in [6.07, 6.45) is 1.28. The highest BCUT2D eigenvalue weighted by Crippen LogP contribution is 2.40. The minimum atomic E-state index is 0.0618. The van der Waals surface area contributed by atoms with Crippen molar-refractivity contribution in [2.45, 2.75) is 17.7 Å². The average molecular weight is 490 g/mol. The highest BCUT2D eigenvalue weighted by Gasteiger charge is 2.22. The quantitative estimate of drug-likeness (QED) is 0.339. The molecule has 0 unspecified atom stereocenters. The number of hydrogen-bond donors (Lipinski definition) is 0. The molecular formula is C24H31N3O4S2. The zero-order valence-electron chi connectivity index (χ0n) is 19.8. The maximum absolute atomic E-state index is 13.3. The van der Waals surface area contributed by atoms with Crippen molar-refractivity contribution in [2.75, 3.05) is 59.2 Å². The van der Waals surface area contributed by atoms with Gasteiger partial charge < -0.3 is 19.1 Å². The van der Waals surface area contributed by atoms with Crippen LogP contribution >= 0.6 is 23.1 Å². The summed E-state index contributed by atoms with van der Waals surface area (Å²) < 4.78 is 17.1. The van der Waals surface area contributed by atoms with Gasteiger partial charge in [0.2, 0.25) is 5.91 Å². The predicted octanol–water partition coefficient (Wildman–Crippen LogP) is 4.79. The summed E-state index contributed by atoms with van der Waals surface area (Å²) in [4.78, 5) is 23.1. The molecule has 0 radical (unpaired) electrons. The van der Waals surface area contributed by atoms with E-state index in [1.807, 2.05) is 55.4 Å². The molecule has 0 bridgehead atoms. The maximum atomic E-state index is 13.3. The third-order valence-electron chi connectivity index (χ3n) is 5.06. The van der Waals surface area contributed by atoms with E-state index >= 15 is 0 Å². The van der Waals surface area contributed by atoms with Crippen LogP contribution < -0.4 is 19.1 Å². The van der Waals surface area contributed by atoms with E-state index in [9.17, 15) is 4.79 Å². The molecule has 0 aliphatic carbocycles. The van der Waals surface area contributed by atoms with Crippen LogP contribution in [-0.2, 0) is 4.79 Å². The van der Waals surface area contributed by atoms with E-state index in [2.05, 4.69) is 4.90 Å². The van der Waals surface area contributed by atoms with Gasteiger partial charge in [0.25, 0.3) is 0 Å². The molecule has 3 rings (SSSR count). The van der Waals surface area contributed by atoms with Crippen LogP contribution in [0.3, 0.4) is 0 Å². The van der Waals surface area contributed by atoms with Gasteiger partial charge in [-0.05, 0) is 63.5 Å². The number of amides is 1. The lowest BCUT2D eigenvalue weighted by atomic mass is 10.3. The fourth-order valence-corrected chi connectivity index (χ4v) is 5.28. The van der Waals surface area contributed by atoms with Crippen molar-refractivity contribution in [3.63, 3.8) is 0 Å². The molecular weight excluding hydrogens is 458 g/mol. The molecule has 0 fully saturated rings. The van der Waals surface area contributed by atoms with E-state index in [0.717, 1.165) is 39.6 Å². The van der Waals surface area contributed by atoms with Gasteiger partial charge >= 0.3 is 0 Å². The Morgan fingerprint density at radius 3 is 2.30 bits per heavy atom. The monoisotopic (exact) mass is 489 g/mol. The topological polar surface area (TPSA) is 64.1 Å².